The van der Waals surface area contributed by atoms with Gasteiger partial charge in [-0.1, -0.05) is 18.1 Å². The molecule has 182 valence electrons. The van der Waals surface area contributed by atoms with E-state index in [0.29, 0.717) is 49.5 Å². The summed E-state index contributed by atoms with van der Waals surface area (Å²) in [5.74, 6) is 0.617. The van der Waals surface area contributed by atoms with Crippen molar-refractivity contribution in [2.45, 2.75) is 71.2 Å². The van der Waals surface area contributed by atoms with Crippen LogP contribution in [-0.4, -0.2) is 65.7 Å². The first-order chi connectivity index (χ1) is 15.6. The molecule has 0 unspecified atom stereocenters. The lowest BCUT2D eigenvalue weighted by molar-refractivity contribution is 0.100. The molecule has 2 atom stereocenters. The summed E-state index contributed by atoms with van der Waals surface area (Å²) in [6.07, 6.45) is 3.42. The summed E-state index contributed by atoms with van der Waals surface area (Å²) in [4.78, 5) is 2.36. The number of hydrogen-bond acceptors (Lipinski definition) is 7. The molecule has 10 heteroatoms. The maximum Gasteiger partial charge on any atom is 0.304 e. The third-order valence-electron chi connectivity index (χ3n) is 6.68. The first kappa shape index (κ1) is 23.8. The number of rotatable bonds is 6. The van der Waals surface area contributed by atoms with Crippen LogP contribution in [0.5, 0.6) is 11.5 Å². The predicted molar refractivity (Wildman–Crippen MR) is 126 cm³/mol. The van der Waals surface area contributed by atoms with Gasteiger partial charge in [-0.05, 0) is 57.7 Å². The van der Waals surface area contributed by atoms with Crippen LogP contribution in [-0.2, 0) is 23.2 Å². The third kappa shape index (κ3) is 4.31. The van der Waals surface area contributed by atoms with Gasteiger partial charge in [0.1, 0.15) is 17.6 Å². The van der Waals surface area contributed by atoms with E-state index < -0.39 is 15.7 Å². The van der Waals surface area contributed by atoms with Crippen molar-refractivity contribution in [2.24, 2.45) is 0 Å². The molecule has 1 spiro atoms. The van der Waals surface area contributed by atoms with E-state index in [1.807, 2.05) is 32.9 Å². The summed E-state index contributed by atoms with van der Waals surface area (Å²) in [7, 11) is -2.01. The average molecular weight is 479 g/mol. The second-order valence-electron chi connectivity index (χ2n) is 9.49. The molecular formula is C23H34N4O5S. The summed E-state index contributed by atoms with van der Waals surface area (Å²) < 4.78 is 40.5. The summed E-state index contributed by atoms with van der Waals surface area (Å²) in [5, 5.41) is 14.1. The fraction of sp³-hybridized carbons (Fsp3) is 0.609. The van der Waals surface area contributed by atoms with Crippen molar-refractivity contribution in [1.29, 1.82) is 0 Å². The number of nitrogens with zero attached hydrogens (tertiary/aromatic N) is 4. The number of phenolic OH excluding ortho intramolecular Hbond substituents is 1. The predicted octanol–water partition coefficient (Wildman–Crippen LogP) is 3.15. The van der Waals surface area contributed by atoms with Crippen molar-refractivity contribution in [1.82, 2.24) is 14.4 Å². The van der Waals surface area contributed by atoms with Crippen LogP contribution < -0.4 is 9.04 Å². The van der Waals surface area contributed by atoms with Gasteiger partial charge in [0, 0.05) is 32.7 Å². The second-order valence-corrected chi connectivity index (χ2v) is 11.4. The Morgan fingerprint density at radius 3 is 2.79 bits per heavy atom. The second kappa shape index (κ2) is 8.81. The number of benzene rings is 1. The van der Waals surface area contributed by atoms with E-state index >= 15 is 0 Å². The molecule has 2 aromatic rings. The van der Waals surface area contributed by atoms with E-state index in [-0.39, 0.29) is 17.9 Å². The van der Waals surface area contributed by atoms with Crippen LogP contribution in [0, 0.1) is 0 Å². The molecule has 0 amide bonds. The van der Waals surface area contributed by atoms with Crippen molar-refractivity contribution in [2.75, 3.05) is 24.4 Å². The normalized spacial score (nSPS) is 25.9. The molecule has 2 saturated heterocycles. The summed E-state index contributed by atoms with van der Waals surface area (Å²) in [5.41, 5.74) is 1.72. The zero-order valence-corrected chi connectivity index (χ0v) is 20.8. The SMILES string of the molecule is CCc1nocc1N1[C@@]2(CCN(Cc3ccc(O)c(OC(C)C)c3)[C@@H](C)C2)CN(C)S1(=O)=O. The minimum absolute atomic E-state index is 0.0300. The largest absolute Gasteiger partial charge is 0.504 e. The Labute approximate surface area is 196 Å². The van der Waals surface area contributed by atoms with Crippen molar-refractivity contribution >= 4 is 15.9 Å². The van der Waals surface area contributed by atoms with Gasteiger partial charge in [0.15, 0.2) is 11.5 Å². The van der Waals surface area contributed by atoms with E-state index in [9.17, 15) is 13.5 Å². The maximum absolute atomic E-state index is 13.3. The highest BCUT2D eigenvalue weighted by Crippen LogP contribution is 2.45. The molecule has 2 fully saturated rings. The highest BCUT2D eigenvalue weighted by atomic mass is 32.2. The van der Waals surface area contributed by atoms with E-state index in [1.54, 1.807) is 17.4 Å². The van der Waals surface area contributed by atoms with Gasteiger partial charge in [0.05, 0.1) is 11.6 Å². The zero-order chi connectivity index (χ0) is 24.0. The minimum atomic E-state index is -3.65. The lowest BCUT2D eigenvalue weighted by atomic mass is 9.82. The Hall–Kier alpha value is -2.30. The van der Waals surface area contributed by atoms with Crippen LogP contribution >= 0.6 is 0 Å². The van der Waals surface area contributed by atoms with Gasteiger partial charge in [-0.3, -0.25) is 4.90 Å². The van der Waals surface area contributed by atoms with Gasteiger partial charge in [-0.25, -0.2) is 4.31 Å². The molecule has 1 N–H and O–H groups in total. The number of aryl methyl sites for hydroxylation is 1. The quantitative estimate of drug-likeness (QED) is 0.681. The van der Waals surface area contributed by atoms with Gasteiger partial charge in [0.2, 0.25) is 0 Å². The summed E-state index contributed by atoms with van der Waals surface area (Å²) in [6.45, 7) is 9.82. The number of hydrogen-bond donors (Lipinski definition) is 1. The smallest absolute Gasteiger partial charge is 0.304 e. The Bertz CT molecular complexity index is 1100. The molecule has 2 aliphatic heterocycles. The third-order valence-corrected chi connectivity index (χ3v) is 8.65. The number of piperidine rings is 1. The number of aromatic nitrogens is 1. The zero-order valence-electron chi connectivity index (χ0n) is 20.0. The van der Waals surface area contributed by atoms with Crippen molar-refractivity contribution < 1.29 is 22.8 Å². The van der Waals surface area contributed by atoms with E-state index in [4.69, 9.17) is 9.26 Å². The van der Waals surface area contributed by atoms with Crippen LogP contribution in [0.15, 0.2) is 29.0 Å². The molecule has 0 saturated carbocycles. The van der Waals surface area contributed by atoms with Crippen molar-refractivity contribution in [3.05, 3.63) is 35.7 Å². The highest BCUT2D eigenvalue weighted by Gasteiger charge is 2.56. The van der Waals surface area contributed by atoms with E-state index in [1.165, 1.54) is 10.6 Å². The first-order valence-electron chi connectivity index (χ1n) is 11.5. The maximum atomic E-state index is 13.3. The molecular weight excluding hydrogens is 444 g/mol. The van der Waals surface area contributed by atoms with Gasteiger partial charge < -0.3 is 14.4 Å². The van der Waals surface area contributed by atoms with Crippen molar-refractivity contribution in [3.8, 4) is 11.5 Å². The molecule has 2 aliphatic rings. The van der Waals surface area contributed by atoms with Gasteiger partial charge in [-0.15, -0.1) is 0 Å². The molecule has 0 aliphatic carbocycles. The number of phenols is 1. The van der Waals surface area contributed by atoms with Gasteiger partial charge in [0.25, 0.3) is 0 Å². The van der Waals surface area contributed by atoms with E-state index in [2.05, 4.69) is 17.0 Å². The average Bonchev–Trinajstić information content (AvgIpc) is 3.26. The molecule has 1 aromatic carbocycles. The molecule has 33 heavy (non-hydrogen) atoms. The van der Waals surface area contributed by atoms with Crippen LogP contribution in [0.2, 0.25) is 0 Å². The lowest BCUT2D eigenvalue weighted by Gasteiger charge is -2.46. The summed E-state index contributed by atoms with van der Waals surface area (Å²) in [6, 6.07) is 5.61. The molecule has 0 bridgehead atoms. The number of ether oxygens (including phenoxy) is 1. The highest BCUT2D eigenvalue weighted by molar-refractivity contribution is 7.90. The molecule has 3 heterocycles. The number of aromatic hydroxyl groups is 1. The molecule has 0 radical (unpaired) electrons. The number of likely N-dealkylation sites (N-methyl/N-ethyl adjacent to an activating group) is 1. The van der Waals surface area contributed by atoms with Crippen LogP contribution in [0.25, 0.3) is 0 Å². The standard InChI is InChI=1S/C23H34N4O5S/c1-6-19-20(14-31-24-19)27-23(15-25(5)33(27,29)30)9-10-26(17(4)12-23)13-18-7-8-21(28)22(11-18)32-16(2)3/h7-8,11,14,16-17,28H,6,9-10,12-13,15H2,1-5H3/t17-,23+/m0/s1. The number of likely N-dealkylation sites (tertiary alicyclic amines) is 1. The Kier molecular flexibility index (Phi) is 6.36. The van der Waals surface area contributed by atoms with Gasteiger partial charge in [-0.2, -0.15) is 12.7 Å². The minimum Gasteiger partial charge on any atom is -0.504 e. The number of anilines is 1. The Balaban J connectivity index is 1.57. The van der Waals surface area contributed by atoms with Crippen LogP contribution in [0.4, 0.5) is 5.69 Å². The molecule has 1 aromatic heterocycles. The Morgan fingerprint density at radius 1 is 1.36 bits per heavy atom. The summed E-state index contributed by atoms with van der Waals surface area (Å²) >= 11 is 0. The lowest BCUT2D eigenvalue weighted by Crippen LogP contribution is -2.57. The van der Waals surface area contributed by atoms with Gasteiger partial charge >= 0.3 is 10.2 Å². The Morgan fingerprint density at radius 2 is 2.12 bits per heavy atom. The van der Waals surface area contributed by atoms with Crippen molar-refractivity contribution in [3.63, 3.8) is 0 Å². The fourth-order valence-corrected chi connectivity index (χ4v) is 6.94. The van der Waals surface area contributed by atoms with Crippen LogP contribution in [0.1, 0.15) is 51.8 Å². The van der Waals surface area contributed by atoms with E-state index in [0.717, 1.165) is 12.1 Å². The first-order valence-corrected chi connectivity index (χ1v) is 12.9. The molecule has 4 rings (SSSR count). The monoisotopic (exact) mass is 478 g/mol. The van der Waals surface area contributed by atoms with Crippen LogP contribution in [0.3, 0.4) is 0 Å². The fourth-order valence-electron chi connectivity index (χ4n) is 5.15. The molecule has 9 nitrogen and oxygen atoms in total. The topological polar surface area (TPSA) is 99.3 Å².